The van der Waals surface area contributed by atoms with Crippen LogP contribution in [0.1, 0.15) is 12.8 Å². The normalized spacial score (nSPS) is 10.2. The smallest absolute Gasteiger partial charge is 0.270 e. The zero-order valence-corrected chi connectivity index (χ0v) is 11.2. The Morgan fingerprint density at radius 2 is 2.24 bits per heavy atom. The molecule has 0 saturated heterocycles. The molecule has 0 aliphatic carbocycles. The first-order valence-electron chi connectivity index (χ1n) is 5.32. The fourth-order valence-electron chi connectivity index (χ4n) is 1.36. The van der Waals surface area contributed by atoms with Crippen LogP contribution in [-0.2, 0) is 4.74 Å². The number of nitrogens with zero attached hydrogens (tertiary/aromatic N) is 1. The molecule has 0 aromatic heterocycles. The van der Waals surface area contributed by atoms with E-state index in [2.05, 4.69) is 21.2 Å². The number of nitro benzene ring substituents is 1. The predicted octanol–water partition coefficient (Wildman–Crippen LogP) is 3.20. The quantitative estimate of drug-likeness (QED) is 0.477. The molecule has 1 aromatic rings. The minimum Gasteiger partial charge on any atom is -0.385 e. The van der Waals surface area contributed by atoms with Gasteiger partial charge in [0.05, 0.1) is 4.92 Å². The highest BCUT2D eigenvalue weighted by atomic mass is 79.9. The van der Waals surface area contributed by atoms with Gasteiger partial charge >= 0.3 is 0 Å². The van der Waals surface area contributed by atoms with Gasteiger partial charge in [0.15, 0.2) is 0 Å². The summed E-state index contributed by atoms with van der Waals surface area (Å²) in [6.45, 7) is 1.57. The molecule has 0 atom stereocenters. The molecule has 6 heteroatoms. The molecule has 0 amide bonds. The Morgan fingerprint density at radius 3 is 2.82 bits per heavy atom. The maximum absolute atomic E-state index is 10.5. The van der Waals surface area contributed by atoms with E-state index in [-0.39, 0.29) is 5.69 Å². The number of benzene rings is 1. The summed E-state index contributed by atoms with van der Waals surface area (Å²) in [6, 6.07) is 4.69. The number of ether oxygens (including phenoxy) is 1. The molecule has 0 aliphatic rings. The zero-order chi connectivity index (χ0) is 12.7. The van der Waals surface area contributed by atoms with Crippen molar-refractivity contribution in [1.29, 1.82) is 0 Å². The lowest BCUT2D eigenvalue weighted by atomic mass is 10.2. The van der Waals surface area contributed by atoms with Crippen molar-refractivity contribution < 1.29 is 9.66 Å². The van der Waals surface area contributed by atoms with Gasteiger partial charge in [-0.25, -0.2) is 0 Å². The predicted molar refractivity (Wildman–Crippen MR) is 70.4 cm³/mol. The molecule has 17 heavy (non-hydrogen) atoms. The van der Waals surface area contributed by atoms with Crippen LogP contribution in [0.15, 0.2) is 22.7 Å². The van der Waals surface area contributed by atoms with Crippen molar-refractivity contribution in [2.75, 3.05) is 25.6 Å². The van der Waals surface area contributed by atoms with Gasteiger partial charge in [-0.15, -0.1) is 0 Å². The van der Waals surface area contributed by atoms with Crippen LogP contribution in [0.3, 0.4) is 0 Å². The Balaban J connectivity index is 2.46. The molecule has 1 N–H and O–H groups in total. The minimum atomic E-state index is -0.410. The van der Waals surface area contributed by atoms with Crippen molar-refractivity contribution in [3.8, 4) is 0 Å². The summed E-state index contributed by atoms with van der Waals surface area (Å²) in [5, 5.41) is 13.8. The molecular weight excluding hydrogens is 288 g/mol. The van der Waals surface area contributed by atoms with Crippen molar-refractivity contribution >= 4 is 27.3 Å². The monoisotopic (exact) mass is 302 g/mol. The Morgan fingerprint density at radius 1 is 1.47 bits per heavy atom. The number of methoxy groups -OCH3 is 1. The van der Waals surface area contributed by atoms with Crippen LogP contribution in [0, 0.1) is 10.1 Å². The number of nitrogens with one attached hydrogen (secondary N) is 1. The van der Waals surface area contributed by atoms with Crippen molar-refractivity contribution in [3.63, 3.8) is 0 Å². The van der Waals surface area contributed by atoms with Crippen molar-refractivity contribution in [1.82, 2.24) is 0 Å². The highest BCUT2D eigenvalue weighted by Gasteiger charge is 2.08. The summed E-state index contributed by atoms with van der Waals surface area (Å²) in [5.41, 5.74) is 0.954. The van der Waals surface area contributed by atoms with Gasteiger partial charge in [-0.2, -0.15) is 0 Å². The number of rotatable bonds is 7. The number of hydrogen-bond acceptors (Lipinski definition) is 4. The minimum absolute atomic E-state index is 0.0850. The maximum atomic E-state index is 10.5. The molecule has 5 nitrogen and oxygen atoms in total. The summed E-state index contributed by atoms with van der Waals surface area (Å²) in [7, 11) is 1.68. The maximum Gasteiger partial charge on any atom is 0.270 e. The molecule has 0 spiro atoms. The molecule has 1 rings (SSSR count). The third kappa shape index (κ3) is 4.70. The molecule has 0 heterocycles. The molecule has 0 radical (unpaired) electrons. The Hall–Kier alpha value is -1.14. The first-order valence-corrected chi connectivity index (χ1v) is 6.11. The number of anilines is 1. The highest BCUT2D eigenvalue weighted by molar-refractivity contribution is 9.10. The Bertz CT molecular complexity index is 385. The molecule has 0 unspecified atom stereocenters. The second-order valence-electron chi connectivity index (χ2n) is 3.55. The van der Waals surface area contributed by atoms with Crippen LogP contribution in [0.2, 0.25) is 0 Å². The van der Waals surface area contributed by atoms with E-state index < -0.39 is 4.92 Å². The number of unbranched alkanes of at least 4 members (excludes halogenated alkanes) is 1. The summed E-state index contributed by atoms with van der Waals surface area (Å²) in [4.78, 5) is 10.1. The lowest BCUT2D eigenvalue weighted by molar-refractivity contribution is -0.384. The molecule has 1 aromatic carbocycles. The SMILES string of the molecule is COCCCCNc1ccc([N+](=O)[O-])cc1Br. The first kappa shape index (κ1) is 13.9. The summed E-state index contributed by atoms with van der Waals surface area (Å²) in [6.07, 6.45) is 1.99. The van der Waals surface area contributed by atoms with Crippen LogP contribution in [0.4, 0.5) is 11.4 Å². The summed E-state index contributed by atoms with van der Waals surface area (Å²) >= 11 is 3.31. The van der Waals surface area contributed by atoms with E-state index in [9.17, 15) is 10.1 Å². The molecular formula is C11H15BrN2O3. The van der Waals surface area contributed by atoms with E-state index in [1.807, 2.05) is 0 Å². The lowest BCUT2D eigenvalue weighted by Gasteiger charge is -2.08. The van der Waals surface area contributed by atoms with Gasteiger partial charge in [0.25, 0.3) is 5.69 Å². The van der Waals surface area contributed by atoms with Gasteiger partial charge in [0.1, 0.15) is 0 Å². The summed E-state index contributed by atoms with van der Waals surface area (Å²) < 4.78 is 5.65. The van der Waals surface area contributed by atoms with Crippen molar-refractivity contribution in [2.24, 2.45) is 0 Å². The van der Waals surface area contributed by atoms with E-state index in [0.29, 0.717) is 4.47 Å². The number of non-ortho nitro benzene ring substituents is 1. The second kappa shape index (κ2) is 7.24. The summed E-state index contributed by atoms with van der Waals surface area (Å²) in [5.74, 6) is 0. The van der Waals surface area contributed by atoms with Crippen molar-refractivity contribution in [3.05, 3.63) is 32.8 Å². The Kier molecular flexibility index (Phi) is 5.93. The van der Waals surface area contributed by atoms with Gasteiger partial charge in [0, 0.05) is 42.6 Å². The average molecular weight is 303 g/mol. The van der Waals surface area contributed by atoms with Gasteiger partial charge in [0.2, 0.25) is 0 Å². The molecule has 0 bridgehead atoms. The zero-order valence-electron chi connectivity index (χ0n) is 9.61. The topological polar surface area (TPSA) is 64.4 Å². The van der Waals surface area contributed by atoms with Gasteiger partial charge < -0.3 is 10.1 Å². The lowest BCUT2D eigenvalue weighted by Crippen LogP contribution is -2.03. The van der Waals surface area contributed by atoms with E-state index in [0.717, 1.165) is 31.7 Å². The molecule has 0 saturated carbocycles. The Labute approximate surface area is 108 Å². The third-order valence-corrected chi connectivity index (χ3v) is 2.91. The van der Waals surface area contributed by atoms with E-state index >= 15 is 0 Å². The van der Waals surface area contributed by atoms with E-state index in [4.69, 9.17) is 4.74 Å². The van der Waals surface area contributed by atoms with Crippen LogP contribution in [-0.4, -0.2) is 25.2 Å². The highest BCUT2D eigenvalue weighted by Crippen LogP contribution is 2.26. The standard InChI is InChI=1S/C11H15BrN2O3/c1-17-7-3-2-6-13-11-5-4-9(14(15)16)8-10(11)12/h4-5,8,13H,2-3,6-7H2,1H3. The van der Waals surface area contributed by atoms with Crippen LogP contribution in [0.5, 0.6) is 0 Å². The first-order chi connectivity index (χ1) is 8.15. The largest absolute Gasteiger partial charge is 0.385 e. The number of nitro groups is 1. The number of halogens is 1. The van der Waals surface area contributed by atoms with Crippen LogP contribution < -0.4 is 5.32 Å². The fraction of sp³-hybridized carbons (Fsp3) is 0.455. The van der Waals surface area contributed by atoms with Crippen molar-refractivity contribution in [2.45, 2.75) is 12.8 Å². The number of hydrogen-bond donors (Lipinski definition) is 1. The fourth-order valence-corrected chi connectivity index (χ4v) is 1.86. The van der Waals surface area contributed by atoms with Gasteiger partial charge in [-0.05, 0) is 34.8 Å². The average Bonchev–Trinajstić information content (AvgIpc) is 2.30. The van der Waals surface area contributed by atoms with Gasteiger partial charge in [-0.3, -0.25) is 10.1 Å². The second-order valence-corrected chi connectivity index (χ2v) is 4.40. The van der Waals surface area contributed by atoms with Crippen LogP contribution >= 0.6 is 15.9 Å². The third-order valence-electron chi connectivity index (χ3n) is 2.25. The van der Waals surface area contributed by atoms with E-state index in [1.54, 1.807) is 13.2 Å². The van der Waals surface area contributed by atoms with Gasteiger partial charge in [-0.1, -0.05) is 0 Å². The molecule has 0 aliphatic heterocycles. The van der Waals surface area contributed by atoms with E-state index in [1.165, 1.54) is 12.1 Å². The molecule has 0 fully saturated rings. The molecule has 94 valence electrons. The van der Waals surface area contributed by atoms with Crippen LogP contribution in [0.25, 0.3) is 0 Å².